The first-order valence-corrected chi connectivity index (χ1v) is 10.5. The Balaban J connectivity index is 1.60. The van der Waals surface area contributed by atoms with Crippen molar-refractivity contribution in [2.75, 3.05) is 37.6 Å². The molecule has 1 amide bonds. The molecule has 1 aliphatic heterocycles. The van der Waals surface area contributed by atoms with Gasteiger partial charge in [0.25, 0.3) is 0 Å². The molecule has 144 valence electrons. The van der Waals surface area contributed by atoms with Gasteiger partial charge in [0.2, 0.25) is 5.91 Å². The van der Waals surface area contributed by atoms with Crippen LogP contribution in [0.25, 0.3) is 0 Å². The summed E-state index contributed by atoms with van der Waals surface area (Å²) in [6, 6.07) is 11.9. The molecule has 0 N–H and O–H groups in total. The quantitative estimate of drug-likeness (QED) is 0.650. The average Bonchev–Trinajstić information content (AvgIpc) is 3.20. The highest BCUT2D eigenvalue weighted by Gasteiger charge is 2.29. The largest absolute Gasteiger partial charge is 0.368 e. The normalized spacial score (nSPS) is 16.1. The van der Waals surface area contributed by atoms with Crippen LogP contribution in [0.4, 0.5) is 5.69 Å². The van der Waals surface area contributed by atoms with Crippen LogP contribution in [0.15, 0.2) is 54.4 Å². The highest BCUT2D eigenvalue weighted by atomic mass is 35.5. The Morgan fingerprint density at radius 3 is 2.63 bits per heavy atom. The van der Waals surface area contributed by atoms with E-state index in [1.54, 1.807) is 17.4 Å². The Labute approximate surface area is 170 Å². The van der Waals surface area contributed by atoms with E-state index in [4.69, 9.17) is 11.6 Å². The molecule has 1 unspecified atom stereocenters. The summed E-state index contributed by atoms with van der Waals surface area (Å²) in [5.74, 6) is 0.162. The van der Waals surface area contributed by atoms with E-state index in [-0.39, 0.29) is 11.9 Å². The Bertz CT molecular complexity index is 757. The number of benzene rings is 1. The summed E-state index contributed by atoms with van der Waals surface area (Å²) in [5, 5.41) is 2.83. The lowest BCUT2D eigenvalue weighted by Crippen LogP contribution is -2.54. The van der Waals surface area contributed by atoms with E-state index in [1.807, 2.05) is 41.5 Å². The summed E-state index contributed by atoms with van der Waals surface area (Å²) >= 11 is 8.01. The van der Waals surface area contributed by atoms with Gasteiger partial charge in [-0.3, -0.25) is 9.69 Å². The number of hydrogen-bond donors (Lipinski definition) is 0. The Morgan fingerprint density at radius 2 is 2.00 bits per heavy atom. The van der Waals surface area contributed by atoms with Gasteiger partial charge in [0.15, 0.2) is 0 Å². The fraction of sp³-hybridized carbons (Fsp3) is 0.381. The Kier molecular flexibility index (Phi) is 6.94. The van der Waals surface area contributed by atoms with Crippen LogP contribution in [0.3, 0.4) is 0 Å². The van der Waals surface area contributed by atoms with Gasteiger partial charge in [-0.2, -0.15) is 0 Å². The number of piperazine rings is 1. The number of anilines is 1. The van der Waals surface area contributed by atoms with Gasteiger partial charge in [-0.25, -0.2) is 0 Å². The summed E-state index contributed by atoms with van der Waals surface area (Å²) < 4.78 is 0. The fourth-order valence-corrected chi connectivity index (χ4v) is 4.43. The standard InChI is InChI=1S/C21H26ClN3OS/c1-3-10-25(16-18-7-6-15-27-18)21(26)17(2)23-11-13-24(14-12-23)20-9-5-4-8-19(20)22/h3-9,15,17H,1,10-14,16H2,2H3. The van der Waals surface area contributed by atoms with E-state index in [0.29, 0.717) is 13.1 Å². The minimum Gasteiger partial charge on any atom is -0.368 e. The summed E-state index contributed by atoms with van der Waals surface area (Å²) in [7, 11) is 0. The molecule has 3 rings (SSSR count). The van der Waals surface area contributed by atoms with Crippen LogP contribution < -0.4 is 4.90 Å². The lowest BCUT2D eigenvalue weighted by atomic mass is 10.1. The number of hydrogen-bond acceptors (Lipinski definition) is 4. The van der Waals surface area contributed by atoms with Crippen molar-refractivity contribution in [1.82, 2.24) is 9.80 Å². The van der Waals surface area contributed by atoms with Crippen LogP contribution in [0.1, 0.15) is 11.8 Å². The van der Waals surface area contributed by atoms with Crippen molar-refractivity contribution in [1.29, 1.82) is 0 Å². The van der Waals surface area contributed by atoms with E-state index >= 15 is 0 Å². The Morgan fingerprint density at radius 1 is 1.26 bits per heavy atom. The lowest BCUT2D eigenvalue weighted by Gasteiger charge is -2.40. The molecule has 0 aliphatic carbocycles. The van der Waals surface area contributed by atoms with E-state index in [1.165, 1.54) is 4.88 Å². The average molecular weight is 404 g/mol. The topological polar surface area (TPSA) is 26.8 Å². The van der Waals surface area contributed by atoms with Crippen LogP contribution in [0, 0.1) is 0 Å². The summed E-state index contributed by atoms with van der Waals surface area (Å²) in [4.78, 5) is 20.7. The predicted molar refractivity (Wildman–Crippen MR) is 115 cm³/mol. The van der Waals surface area contributed by atoms with Gasteiger partial charge < -0.3 is 9.80 Å². The molecule has 0 spiro atoms. The van der Waals surface area contributed by atoms with Crippen LogP contribution in [0.2, 0.25) is 5.02 Å². The maximum atomic E-state index is 13.1. The van der Waals surface area contributed by atoms with Gasteiger partial charge in [-0.1, -0.05) is 35.9 Å². The zero-order valence-electron chi connectivity index (χ0n) is 15.7. The predicted octanol–water partition coefficient (Wildman–Crippen LogP) is 4.13. The number of nitrogens with zero attached hydrogens (tertiary/aromatic N) is 3. The third-order valence-electron chi connectivity index (χ3n) is 5.00. The molecule has 2 heterocycles. The summed E-state index contributed by atoms with van der Waals surface area (Å²) in [6.07, 6.45) is 1.80. The van der Waals surface area contributed by atoms with E-state index in [2.05, 4.69) is 28.5 Å². The van der Waals surface area contributed by atoms with Gasteiger partial charge in [0.05, 0.1) is 23.3 Å². The zero-order chi connectivity index (χ0) is 19.2. The first-order chi connectivity index (χ1) is 13.1. The van der Waals surface area contributed by atoms with Crippen molar-refractivity contribution >= 4 is 34.5 Å². The fourth-order valence-electron chi connectivity index (χ4n) is 3.46. The number of carbonyl (C=O) groups excluding carboxylic acids is 1. The molecule has 0 radical (unpaired) electrons. The molecule has 1 saturated heterocycles. The van der Waals surface area contributed by atoms with Gasteiger partial charge in [0.1, 0.15) is 0 Å². The van der Waals surface area contributed by atoms with Crippen molar-refractivity contribution < 1.29 is 4.79 Å². The molecule has 4 nitrogen and oxygen atoms in total. The molecular weight excluding hydrogens is 378 g/mol. The lowest BCUT2D eigenvalue weighted by molar-refractivity contribution is -0.136. The van der Waals surface area contributed by atoms with Crippen LogP contribution in [-0.2, 0) is 11.3 Å². The smallest absolute Gasteiger partial charge is 0.240 e. The molecule has 1 aliphatic rings. The third kappa shape index (κ3) is 4.92. The number of halogens is 1. The highest BCUT2D eigenvalue weighted by Crippen LogP contribution is 2.26. The minimum atomic E-state index is -0.140. The molecule has 1 aromatic heterocycles. The van der Waals surface area contributed by atoms with E-state index in [9.17, 15) is 4.79 Å². The molecule has 1 fully saturated rings. The SMILES string of the molecule is C=CCN(Cc1cccs1)C(=O)C(C)N1CCN(c2ccccc2Cl)CC1. The molecule has 1 aromatic carbocycles. The monoisotopic (exact) mass is 403 g/mol. The Hall–Kier alpha value is -1.82. The van der Waals surface area contributed by atoms with Gasteiger partial charge in [-0.15, -0.1) is 17.9 Å². The zero-order valence-corrected chi connectivity index (χ0v) is 17.3. The number of para-hydroxylation sites is 1. The third-order valence-corrected chi connectivity index (χ3v) is 6.18. The summed E-state index contributed by atoms with van der Waals surface area (Å²) in [6.45, 7) is 10.5. The number of carbonyl (C=O) groups is 1. The number of thiophene rings is 1. The molecule has 1 atom stereocenters. The van der Waals surface area contributed by atoms with Gasteiger partial charge in [0, 0.05) is 37.6 Å². The number of rotatable bonds is 7. The molecule has 0 saturated carbocycles. The molecule has 2 aromatic rings. The minimum absolute atomic E-state index is 0.140. The number of amides is 1. The molecule has 6 heteroatoms. The maximum absolute atomic E-state index is 13.1. The van der Waals surface area contributed by atoms with Crippen molar-refractivity contribution in [3.8, 4) is 0 Å². The second kappa shape index (κ2) is 9.40. The second-order valence-corrected chi connectivity index (χ2v) is 8.18. The van der Waals surface area contributed by atoms with Crippen LogP contribution in [-0.4, -0.2) is 54.5 Å². The first kappa shape index (κ1) is 19.9. The molecular formula is C21H26ClN3OS. The molecule has 0 bridgehead atoms. The van der Waals surface area contributed by atoms with Gasteiger partial charge in [-0.05, 0) is 30.5 Å². The molecule has 27 heavy (non-hydrogen) atoms. The van der Waals surface area contributed by atoms with Crippen molar-refractivity contribution in [2.24, 2.45) is 0 Å². The summed E-state index contributed by atoms with van der Waals surface area (Å²) in [5.41, 5.74) is 1.07. The van der Waals surface area contributed by atoms with Crippen LogP contribution in [0.5, 0.6) is 0 Å². The van der Waals surface area contributed by atoms with Crippen molar-refractivity contribution in [3.05, 3.63) is 64.3 Å². The maximum Gasteiger partial charge on any atom is 0.240 e. The van der Waals surface area contributed by atoms with E-state index in [0.717, 1.165) is 36.9 Å². The van der Waals surface area contributed by atoms with Crippen molar-refractivity contribution in [2.45, 2.75) is 19.5 Å². The first-order valence-electron chi connectivity index (χ1n) is 9.25. The van der Waals surface area contributed by atoms with Gasteiger partial charge >= 0.3 is 0 Å². The second-order valence-electron chi connectivity index (χ2n) is 6.74. The van der Waals surface area contributed by atoms with Crippen molar-refractivity contribution in [3.63, 3.8) is 0 Å². The van der Waals surface area contributed by atoms with Crippen LogP contribution >= 0.6 is 22.9 Å². The van der Waals surface area contributed by atoms with E-state index < -0.39 is 0 Å². The highest BCUT2D eigenvalue weighted by molar-refractivity contribution is 7.09.